The second-order valence-corrected chi connectivity index (χ2v) is 7.28. The molecule has 5 rings (SSSR count). The molecule has 0 aliphatic carbocycles. The standard InChI is InChI=1S/C23H21N5O3/c1-30-18-5-2-15(3-6-18)13-27-9-8-16-12-17(4-7-19(16)27)28-10-11-31-22-20(23(28)29)21(24)25-14-26-22/h2-9,12,14H,10-11,13H2,1H3,(H2,24,25,26). The van der Waals surface area contributed by atoms with Gasteiger partial charge in [0.25, 0.3) is 5.91 Å². The third-order valence-electron chi connectivity index (χ3n) is 5.43. The van der Waals surface area contributed by atoms with Crippen LogP contribution in [0.25, 0.3) is 10.9 Å². The van der Waals surface area contributed by atoms with Crippen LogP contribution in [0, 0.1) is 0 Å². The fourth-order valence-corrected chi connectivity index (χ4v) is 3.83. The lowest BCUT2D eigenvalue weighted by Gasteiger charge is -2.20. The molecule has 1 aliphatic heterocycles. The Labute approximate surface area is 178 Å². The molecule has 2 N–H and O–H groups in total. The highest BCUT2D eigenvalue weighted by Gasteiger charge is 2.28. The molecule has 0 spiro atoms. The van der Waals surface area contributed by atoms with Crippen molar-refractivity contribution in [3.8, 4) is 11.6 Å². The highest BCUT2D eigenvalue weighted by Crippen LogP contribution is 2.30. The number of carbonyl (C=O) groups excluding carboxylic acids is 1. The van der Waals surface area contributed by atoms with Crippen molar-refractivity contribution >= 4 is 28.3 Å². The Kier molecular flexibility index (Phi) is 4.66. The smallest absolute Gasteiger partial charge is 0.267 e. The number of aromatic nitrogens is 3. The Morgan fingerprint density at radius 2 is 1.97 bits per heavy atom. The lowest BCUT2D eigenvalue weighted by molar-refractivity contribution is 0.0990. The van der Waals surface area contributed by atoms with Crippen LogP contribution in [0.5, 0.6) is 11.6 Å². The molecular formula is C23H21N5O3. The van der Waals surface area contributed by atoms with Gasteiger partial charge in [0.1, 0.15) is 30.1 Å². The molecule has 0 fully saturated rings. The van der Waals surface area contributed by atoms with Crippen molar-refractivity contribution < 1.29 is 14.3 Å². The first-order chi connectivity index (χ1) is 15.1. The van der Waals surface area contributed by atoms with E-state index in [0.29, 0.717) is 13.2 Å². The van der Waals surface area contributed by atoms with Crippen LogP contribution in [-0.4, -0.2) is 40.7 Å². The fraction of sp³-hybridized carbons (Fsp3) is 0.174. The van der Waals surface area contributed by atoms with Crippen LogP contribution in [0.2, 0.25) is 0 Å². The van der Waals surface area contributed by atoms with Gasteiger partial charge in [0, 0.05) is 29.3 Å². The quantitative estimate of drug-likeness (QED) is 0.550. The van der Waals surface area contributed by atoms with Crippen molar-refractivity contribution in [2.45, 2.75) is 6.54 Å². The molecule has 31 heavy (non-hydrogen) atoms. The van der Waals surface area contributed by atoms with Crippen LogP contribution in [-0.2, 0) is 6.54 Å². The van der Waals surface area contributed by atoms with E-state index in [1.165, 1.54) is 11.9 Å². The zero-order chi connectivity index (χ0) is 21.4. The number of ether oxygens (including phenoxy) is 2. The van der Waals surface area contributed by atoms with Gasteiger partial charge in [-0.15, -0.1) is 0 Å². The van der Waals surface area contributed by atoms with Crippen molar-refractivity contribution in [3.05, 3.63) is 72.2 Å². The van der Waals surface area contributed by atoms with Crippen LogP contribution in [0.4, 0.5) is 11.5 Å². The van der Waals surface area contributed by atoms with Gasteiger partial charge in [-0.2, -0.15) is 0 Å². The molecule has 0 unspecified atom stereocenters. The van der Waals surface area contributed by atoms with Gasteiger partial charge >= 0.3 is 0 Å². The van der Waals surface area contributed by atoms with Gasteiger partial charge in [0.2, 0.25) is 5.88 Å². The van der Waals surface area contributed by atoms with Gasteiger partial charge in [-0.05, 0) is 42.0 Å². The Morgan fingerprint density at radius 3 is 2.77 bits per heavy atom. The van der Waals surface area contributed by atoms with E-state index in [9.17, 15) is 4.79 Å². The van der Waals surface area contributed by atoms with Crippen LogP contribution in [0.3, 0.4) is 0 Å². The van der Waals surface area contributed by atoms with E-state index in [0.717, 1.165) is 28.9 Å². The number of nitrogens with two attached hydrogens (primary N) is 1. The Hall–Kier alpha value is -4.07. The van der Waals surface area contributed by atoms with Gasteiger partial charge in [-0.3, -0.25) is 4.79 Å². The van der Waals surface area contributed by atoms with Gasteiger partial charge in [0.05, 0.1) is 13.7 Å². The molecule has 2 aromatic heterocycles. The zero-order valence-electron chi connectivity index (χ0n) is 17.0. The van der Waals surface area contributed by atoms with Crippen LogP contribution in [0.1, 0.15) is 15.9 Å². The average Bonchev–Trinajstić information content (AvgIpc) is 3.10. The lowest BCUT2D eigenvalue weighted by atomic mass is 10.1. The van der Waals surface area contributed by atoms with E-state index < -0.39 is 0 Å². The number of nitrogens with zero attached hydrogens (tertiary/aromatic N) is 4. The van der Waals surface area contributed by atoms with Crippen LogP contribution in [0.15, 0.2) is 61.1 Å². The number of carbonyl (C=O) groups is 1. The first-order valence-corrected chi connectivity index (χ1v) is 9.91. The topological polar surface area (TPSA) is 95.5 Å². The minimum Gasteiger partial charge on any atom is -0.497 e. The summed E-state index contributed by atoms with van der Waals surface area (Å²) in [6.07, 6.45) is 3.35. The van der Waals surface area contributed by atoms with E-state index in [-0.39, 0.29) is 23.2 Å². The largest absolute Gasteiger partial charge is 0.497 e. The maximum Gasteiger partial charge on any atom is 0.267 e. The summed E-state index contributed by atoms with van der Waals surface area (Å²) in [5.74, 6) is 0.924. The van der Waals surface area contributed by atoms with Gasteiger partial charge < -0.3 is 24.7 Å². The third kappa shape index (κ3) is 3.42. The number of anilines is 2. The molecule has 8 nitrogen and oxygen atoms in total. The summed E-state index contributed by atoms with van der Waals surface area (Å²) in [7, 11) is 1.66. The molecule has 3 heterocycles. The van der Waals surface area contributed by atoms with Gasteiger partial charge in [-0.1, -0.05) is 12.1 Å². The first-order valence-electron chi connectivity index (χ1n) is 9.91. The van der Waals surface area contributed by atoms with Crippen molar-refractivity contribution in [2.24, 2.45) is 0 Å². The number of rotatable bonds is 4. The van der Waals surface area contributed by atoms with Crippen molar-refractivity contribution in [1.29, 1.82) is 0 Å². The predicted octanol–water partition coefficient (Wildman–Crippen LogP) is 3.11. The highest BCUT2D eigenvalue weighted by atomic mass is 16.5. The zero-order valence-corrected chi connectivity index (χ0v) is 17.0. The van der Waals surface area contributed by atoms with E-state index in [1.54, 1.807) is 12.0 Å². The Bertz CT molecular complexity index is 1270. The lowest BCUT2D eigenvalue weighted by Crippen LogP contribution is -2.32. The number of hydrogen-bond donors (Lipinski definition) is 1. The highest BCUT2D eigenvalue weighted by molar-refractivity contribution is 6.11. The monoisotopic (exact) mass is 415 g/mol. The number of hydrogen-bond acceptors (Lipinski definition) is 6. The molecule has 0 saturated heterocycles. The van der Waals surface area contributed by atoms with Crippen LogP contribution >= 0.6 is 0 Å². The van der Waals surface area contributed by atoms with E-state index in [4.69, 9.17) is 15.2 Å². The minimum atomic E-state index is -0.261. The maximum atomic E-state index is 13.2. The summed E-state index contributed by atoms with van der Waals surface area (Å²) >= 11 is 0. The molecule has 156 valence electrons. The second-order valence-electron chi connectivity index (χ2n) is 7.28. The first kappa shape index (κ1) is 18.9. The number of fused-ring (bicyclic) bond motifs is 2. The second kappa shape index (κ2) is 7.64. The number of methoxy groups -OCH3 is 1. The van der Waals surface area contributed by atoms with E-state index >= 15 is 0 Å². The summed E-state index contributed by atoms with van der Waals surface area (Å²) in [5.41, 5.74) is 9.18. The number of benzene rings is 2. The summed E-state index contributed by atoms with van der Waals surface area (Å²) < 4.78 is 13.0. The average molecular weight is 415 g/mol. The normalized spacial score (nSPS) is 13.6. The van der Waals surface area contributed by atoms with Crippen LogP contribution < -0.4 is 20.1 Å². The molecule has 0 bridgehead atoms. The molecular weight excluding hydrogens is 394 g/mol. The molecule has 0 radical (unpaired) electrons. The molecule has 1 aliphatic rings. The molecule has 8 heteroatoms. The van der Waals surface area contributed by atoms with E-state index in [2.05, 4.69) is 26.7 Å². The SMILES string of the molecule is COc1ccc(Cn2ccc3cc(N4CCOc5ncnc(N)c5C4=O)ccc32)cc1. The fourth-order valence-electron chi connectivity index (χ4n) is 3.83. The Morgan fingerprint density at radius 1 is 1.13 bits per heavy atom. The summed E-state index contributed by atoms with van der Waals surface area (Å²) in [4.78, 5) is 22.8. The molecule has 0 saturated carbocycles. The molecule has 1 amide bonds. The van der Waals surface area contributed by atoms with Crippen molar-refractivity contribution in [2.75, 3.05) is 30.9 Å². The van der Waals surface area contributed by atoms with Crippen molar-refractivity contribution in [3.63, 3.8) is 0 Å². The molecule has 0 atom stereocenters. The summed E-state index contributed by atoms with van der Waals surface area (Å²) in [6.45, 7) is 1.46. The summed E-state index contributed by atoms with van der Waals surface area (Å²) in [6, 6.07) is 16.0. The van der Waals surface area contributed by atoms with Gasteiger partial charge in [0.15, 0.2) is 0 Å². The Balaban J connectivity index is 1.45. The third-order valence-corrected chi connectivity index (χ3v) is 5.43. The molecule has 2 aromatic carbocycles. The van der Waals surface area contributed by atoms with Gasteiger partial charge in [-0.25, -0.2) is 9.97 Å². The van der Waals surface area contributed by atoms with Crippen molar-refractivity contribution in [1.82, 2.24) is 14.5 Å². The number of nitrogen functional groups attached to an aromatic ring is 1. The maximum absolute atomic E-state index is 13.2. The predicted molar refractivity (Wildman–Crippen MR) is 118 cm³/mol. The van der Waals surface area contributed by atoms with E-state index in [1.807, 2.05) is 42.6 Å². The molecule has 4 aromatic rings. The minimum absolute atomic E-state index is 0.119. The summed E-state index contributed by atoms with van der Waals surface area (Å²) in [5, 5.41) is 1.04. The number of amides is 1.